The molecule has 0 radical (unpaired) electrons. The maximum Gasteiger partial charge on any atom is 0.220 e. The van der Waals surface area contributed by atoms with Gasteiger partial charge >= 0.3 is 0 Å². The smallest absolute Gasteiger partial charge is 0.220 e. The molecule has 2 unspecified atom stereocenters. The van der Waals surface area contributed by atoms with E-state index in [1.54, 1.807) is 0 Å². The van der Waals surface area contributed by atoms with Crippen LogP contribution in [0.3, 0.4) is 0 Å². The standard InChI is InChI=1S/C16H25N3O/c1-11-5-3-4-6-14(11)15(12(2)17)19-9-7-13(8-10-19)16(18)20/h3-6,12-13,15H,7-10,17H2,1-2H3,(H2,18,20). The zero-order valence-electron chi connectivity index (χ0n) is 12.4. The maximum atomic E-state index is 11.3. The first-order valence-electron chi connectivity index (χ1n) is 7.35. The van der Waals surface area contributed by atoms with Crippen LogP contribution in [0.4, 0.5) is 0 Å². The fourth-order valence-electron chi connectivity index (χ4n) is 3.19. The molecule has 1 fully saturated rings. The van der Waals surface area contributed by atoms with Gasteiger partial charge in [0.05, 0.1) is 0 Å². The summed E-state index contributed by atoms with van der Waals surface area (Å²) in [4.78, 5) is 13.7. The van der Waals surface area contributed by atoms with Crippen molar-refractivity contribution in [2.45, 2.75) is 38.8 Å². The normalized spacial score (nSPS) is 20.6. The average Bonchev–Trinajstić information content (AvgIpc) is 2.41. The summed E-state index contributed by atoms with van der Waals surface area (Å²) in [5.74, 6) is -0.144. The number of rotatable bonds is 4. The number of hydrogen-bond acceptors (Lipinski definition) is 3. The van der Waals surface area contributed by atoms with Crippen LogP contribution in [0.2, 0.25) is 0 Å². The third-order valence-electron chi connectivity index (χ3n) is 4.33. The number of amides is 1. The molecular weight excluding hydrogens is 250 g/mol. The number of nitrogens with two attached hydrogens (primary N) is 2. The number of carbonyl (C=O) groups excluding carboxylic acids is 1. The van der Waals surface area contributed by atoms with Crippen molar-refractivity contribution in [1.29, 1.82) is 0 Å². The molecule has 1 amide bonds. The lowest BCUT2D eigenvalue weighted by Gasteiger charge is -2.39. The molecule has 1 aliphatic rings. The first kappa shape index (κ1) is 15.0. The van der Waals surface area contributed by atoms with Crippen LogP contribution in [0, 0.1) is 12.8 Å². The Morgan fingerprint density at radius 2 is 1.90 bits per heavy atom. The van der Waals surface area contributed by atoms with E-state index in [1.807, 2.05) is 0 Å². The zero-order valence-corrected chi connectivity index (χ0v) is 12.4. The van der Waals surface area contributed by atoms with Crippen LogP contribution in [-0.4, -0.2) is 29.9 Å². The summed E-state index contributed by atoms with van der Waals surface area (Å²) >= 11 is 0. The minimum absolute atomic E-state index is 0.0249. The van der Waals surface area contributed by atoms with Crippen molar-refractivity contribution in [2.75, 3.05) is 13.1 Å². The van der Waals surface area contributed by atoms with E-state index in [0.717, 1.165) is 25.9 Å². The lowest BCUT2D eigenvalue weighted by molar-refractivity contribution is -0.123. The predicted octanol–water partition coefficient (Wildman–Crippen LogP) is 1.58. The fourth-order valence-corrected chi connectivity index (χ4v) is 3.19. The Morgan fingerprint density at radius 1 is 1.30 bits per heavy atom. The van der Waals surface area contributed by atoms with Crippen molar-refractivity contribution in [2.24, 2.45) is 17.4 Å². The molecule has 2 rings (SSSR count). The van der Waals surface area contributed by atoms with Gasteiger partial charge in [-0.1, -0.05) is 24.3 Å². The highest BCUT2D eigenvalue weighted by Crippen LogP contribution is 2.30. The Bertz CT molecular complexity index is 465. The van der Waals surface area contributed by atoms with Gasteiger partial charge in [-0.2, -0.15) is 0 Å². The Morgan fingerprint density at radius 3 is 2.40 bits per heavy atom. The molecule has 1 aromatic rings. The van der Waals surface area contributed by atoms with E-state index in [4.69, 9.17) is 11.5 Å². The molecule has 0 spiro atoms. The number of benzene rings is 1. The molecular formula is C16H25N3O. The number of carbonyl (C=O) groups is 1. The molecule has 4 N–H and O–H groups in total. The van der Waals surface area contributed by atoms with Gasteiger partial charge in [0.2, 0.25) is 5.91 Å². The van der Waals surface area contributed by atoms with Crippen LogP contribution in [0.15, 0.2) is 24.3 Å². The summed E-state index contributed by atoms with van der Waals surface area (Å²) in [5.41, 5.74) is 14.2. The highest BCUT2D eigenvalue weighted by atomic mass is 16.1. The number of hydrogen-bond donors (Lipinski definition) is 2. The van der Waals surface area contributed by atoms with Crippen molar-refractivity contribution in [3.05, 3.63) is 35.4 Å². The SMILES string of the molecule is Cc1ccccc1C(C(C)N)N1CCC(C(N)=O)CC1. The maximum absolute atomic E-state index is 11.3. The van der Waals surface area contributed by atoms with Crippen LogP contribution in [-0.2, 0) is 4.79 Å². The largest absolute Gasteiger partial charge is 0.369 e. The van der Waals surface area contributed by atoms with Crippen molar-refractivity contribution >= 4 is 5.91 Å². The molecule has 20 heavy (non-hydrogen) atoms. The van der Waals surface area contributed by atoms with Gasteiger partial charge in [-0.3, -0.25) is 9.69 Å². The van der Waals surface area contributed by atoms with E-state index in [1.165, 1.54) is 11.1 Å². The van der Waals surface area contributed by atoms with Gasteiger partial charge in [-0.15, -0.1) is 0 Å². The van der Waals surface area contributed by atoms with Gasteiger partial charge in [-0.05, 0) is 50.9 Å². The summed E-state index contributed by atoms with van der Waals surface area (Å²) < 4.78 is 0. The Hall–Kier alpha value is -1.39. The number of piperidine rings is 1. The van der Waals surface area contributed by atoms with Crippen LogP contribution in [0.25, 0.3) is 0 Å². The van der Waals surface area contributed by atoms with E-state index in [9.17, 15) is 4.79 Å². The first-order chi connectivity index (χ1) is 9.50. The number of aryl methyl sites for hydroxylation is 1. The fraction of sp³-hybridized carbons (Fsp3) is 0.562. The van der Waals surface area contributed by atoms with Crippen LogP contribution in [0.5, 0.6) is 0 Å². The molecule has 1 aromatic carbocycles. The van der Waals surface area contributed by atoms with Gasteiger partial charge in [0.25, 0.3) is 0 Å². The molecule has 2 atom stereocenters. The molecule has 4 heteroatoms. The molecule has 0 bridgehead atoms. The van der Waals surface area contributed by atoms with E-state index in [0.29, 0.717) is 0 Å². The van der Waals surface area contributed by atoms with Crippen molar-refractivity contribution < 1.29 is 4.79 Å². The minimum Gasteiger partial charge on any atom is -0.369 e. The Kier molecular flexibility index (Phi) is 4.78. The van der Waals surface area contributed by atoms with Crippen LogP contribution >= 0.6 is 0 Å². The van der Waals surface area contributed by atoms with Crippen molar-refractivity contribution in [3.63, 3.8) is 0 Å². The molecule has 1 heterocycles. The predicted molar refractivity (Wildman–Crippen MR) is 81.1 cm³/mol. The van der Waals surface area contributed by atoms with Gasteiger partial charge in [0.1, 0.15) is 0 Å². The lowest BCUT2D eigenvalue weighted by Crippen LogP contribution is -2.45. The van der Waals surface area contributed by atoms with E-state index >= 15 is 0 Å². The summed E-state index contributed by atoms with van der Waals surface area (Å²) in [7, 11) is 0. The summed E-state index contributed by atoms with van der Waals surface area (Å²) in [6, 6.07) is 8.67. The summed E-state index contributed by atoms with van der Waals surface area (Å²) in [5, 5.41) is 0. The molecule has 0 aliphatic carbocycles. The van der Waals surface area contributed by atoms with E-state index in [2.05, 4.69) is 43.0 Å². The second kappa shape index (κ2) is 6.37. The van der Waals surface area contributed by atoms with Crippen LogP contribution < -0.4 is 11.5 Å². The average molecular weight is 275 g/mol. The van der Waals surface area contributed by atoms with Crippen molar-refractivity contribution in [3.8, 4) is 0 Å². The van der Waals surface area contributed by atoms with Gasteiger partial charge < -0.3 is 11.5 Å². The van der Waals surface area contributed by atoms with E-state index in [-0.39, 0.29) is 23.9 Å². The van der Waals surface area contributed by atoms with Crippen LogP contribution in [0.1, 0.15) is 36.9 Å². The lowest BCUT2D eigenvalue weighted by atomic mass is 9.90. The first-order valence-corrected chi connectivity index (χ1v) is 7.35. The molecule has 1 aliphatic heterocycles. The molecule has 0 aromatic heterocycles. The quantitative estimate of drug-likeness (QED) is 0.876. The summed E-state index contributed by atoms with van der Waals surface area (Å²) in [6.07, 6.45) is 1.68. The third kappa shape index (κ3) is 3.19. The minimum atomic E-state index is -0.169. The monoisotopic (exact) mass is 275 g/mol. The van der Waals surface area contributed by atoms with Gasteiger partial charge in [-0.25, -0.2) is 0 Å². The highest BCUT2D eigenvalue weighted by molar-refractivity contribution is 5.76. The molecule has 1 saturated heterocycles. The molecule has 4 nitrogen and oxygen atoms in total. The molecule has 0 saturated carbocycles. The number of likely N-dealkylation sites (tertiary alicyclic amines) is 1. The Labute approximate surface area is 121 Å². The summed E-state index contributed by atoms with van der Waals surface area (Å²) in [6.45, 7) is 5.94. The zero-order chi connectivity index (χ0) is 14.7. The highest BCUT2D eigenvalue weighted by Gasteiger charge is 2.30. The Balaban J connectivity index is 2.15. The third-order valence-corrected chi connectivity index (χ3v) is 4.33. The second-order valence-electron chi connectivity index (χ2n) is 5.87. The van der Waals surface area contributed by atoms with Gasteiger partial charge in [0, 0.05) is 18.0 Å². The molecule has 110 valence electrons. The number of primary amides is 1. The van der Waals surface area contributed by atoms with Gasteiger partial charge in [0.15, 0.2) is 0 Å². The van der Waals surface area contributed by atoms with Crippen molar-refractivity contribution in [1.82, 2.24) is 4.90 Å². The second-order valence-corrected chi connectivity index (χ2v) is 5.87. The van der Waals surface area contributed by atoms with E-state index < -0.39 is 0 Å². The number of nitrogens with zero attached hydrogens (tertiary/aromatic N) is 1. The topological polar surface area (TPSA) is 72.3 Å².